The highest BCUT2D eigenvalue weighted by molar-refractivity contribution is 4.52. The third-order valence-electron chi connectivity index (χ3n) is 2.16. The molecule has 0 aromatic rings. The summed E-state index contributed by atoms with van der Waals surface area (Å²) >= 11 is 0. The first-order valence-corrected chi connectivity index (χ1v) is 5.19. The fourth-order valence-corrected chi connectivity index (χ4v) is 1.05. The lowest BCUT2D eigenvalue weighted by molar-refractivity contribution is 0.192. The third-order valence-corrected chi connectivity index (χ3v) is 2.16. The molecule has 0 aliphatic heterocycles. The molecule has 0 aromatic carbocycles. The van der Waals surface area contributed by atoms with Gasteiger partial charge in [-0.05, 0) is 33.0 Å². The zero-order valence-electron chi connectivity index (χ0n) is 9.31. The molecule has 0 amide bonds. The molecular weight excluding hydrogens is 164 g/mol. The number of rotatable bonds is 9. The number of nitrogens with zero attached hydrogens (tertiary/aromatic N) is 1. The molecule has 0 saturated carbocycles. The first-order valence-electron chi connectivity index (χ1n) is 5.19. The summed E-state index contributed by atoms with van der Waals surface area (Å²) in [5, 5.41) is 3.41. The van der Waals surface area contributed by atoms with Gasteiger partial charge in [-0.2, -0.15) is 0 Å². The van der Waals surface area contributed by atoms with Gasteiger partial charge in [0.25, 0.3) is 0 Å². The first kappa shape index (κ1) is 12.9. The number of likely N-dealkylation sites (N-methyl/N-ethyl adjacent to an activating group) is 1. The molecule has 0 saturated heterocycles. The Labute approximate surface area is 82.4 Å². The van der Waals surface area contributed by atoms with Gasteiger partial charge in [0.05, 0.1) is 0 Å². The molecule has 0 aliphatic carbocycles. The van der Waals surface area contributed by atoms with Crippen molar-refractivity contribution in [3.63, 3.8) is 0 Å². The Morgan fingerprint density at radius 1 is 1.23 bits per heavy atom. The quantitative estimate of drug-likeness (QED) is 0.545. The molecule has 0 atom stereocenters. The highest BCUT2D eigenvalue weighted by atomic mass is 16.5. The van der Waals surface area contributed by atoms with E-state index in [1.54, 1.807) is 7.11 Å². The van der Waals surface area contributed by atoms with Crippen LogP contribution >= 0.6 is 0 Å². The van der Waals surface area contributed by atoms with Crippen molar-refractivity contribution in [1.82, 2.24) is 10.2 Å². The average Bonchev–Trinajstić information content (AvgIpc) is 2.16. The molecule has 13 heavy (non-hydrogen) atoms. The number of unbranched alkanes of at least 4 members (excludes halogenated alkanes) is 1. The lowest BCUT2D eigenvalue weighted by atomic mass is 10.3. The SMILES string of the molecule is CCN(C)CCNCCCCOC. The molecule has 0 radical (unpaired) electrons. The standard InChI is InChI=1S/C10H24N2O/c1-4-12(2)9-8-11-7-5-6-10-13-3/h11H,4-10H2,1-3H3. The summed E-state index contributed by atoms with van der Waals surface area (Å²) in [6, 6.07) is 0. The van der Waals surface area contributed by atoms with Crippen molar-refractivity contribution in [3.8, 4) is 0 Å². The second-order valence-electron chi connectivity index (χ2n) is 3.35. The van der Waals surface area contributed by atoms with E-state index in [9.17, 15) is 0 Å². The molecule has 80 valence electrons. The van der Waals surface area contributed by atoms with Crippen molar-refractivity contribution in [1.29, 1.82) is 0 Å². The Kier molecular flexibility index (Phi) is 9.87. The molecule has 0 fully saturated rings. The van der Waals surface area contributed by atoms with E-state index in [-0.39, 0.29) is 0 Å². The minimum Gasteiger partial charge on any atom is -0.385 e. The topological polar surface area (TPSA) is 24.5 Å². The Balaban J connectivity index is 2.91. The Hall–Kier alpha value is -0.120. The normalized spacial score (nSPS) is 11.1. The molecule has 1 N–H and O–H groups in total. The van der Waals surface area contributed by atoms with Crippen LogP contribution in [0.3, 0.4) is 0 Å². The van der Waals surface area contributed by atoms with E-state index >= 15 is 0 Å². The summed E-state index contributed by atoms with van der Waals surface area (Å²) in [4.78, 5) is 2.31. The predicted octanol–water partition coefficient (Wildman–Crippen LogP) is 0.954. The van der Waals surface area contributed by atoms with Gasteiger partial charge in [0.2, 0.25) is 0 Å². The van der Waals surface area contributed by atoms with Gasteiger partial charge >= 0.3 is 0 Å². The van der Waals surface area contributed by atoms with Crippen molar-refractivity contribution in [2.45, 2.75) is 19.8 Å². The van der Waals surface area contributed by atoms with Crippen LogP contribution in [0.5, 0.6) is 0 Å². The lowest BCUT2D eigenvalue weighted by Gasteiger charge is -2.13. The highest BCUT2D eigenvalue weighted by Crippen LogP contribution is 1.86. The molecule has 0 bridgehead atoms. The minimum atomic E-state index is 0.885. The third kappa shape index (κ3) is 9.80. The molecule has 0 aliphatic rings. The predicted molar refractivity (Wildman–Crippen MR) is 57.2 cm³/mol. The van der Waals surface area contributed by atoms with E-state index in [4.69, 9.17) is 4.74 Å². The van der Waals surface area contributed by atoms with Crippen molar-refractivity contribution in [2.75, 3.05) is 46.9 Å². The fraction of sp³-hybridized carbons (Fsp3) is 1.00. The van der Waals surface area contributed by atoms with Gasteiger partial charge in [-0.1, -0.05) is 6.92 Å². The van der Waals surface area contributed by atoms with Gasteiger partial charge in [0.1, 0.15) is 0 Å². The molecule has 0 heterocycles. The van der Waals surface area contributed by atoms with Crippen LogP contribution in [0.2, 0.25) is 0 Å². The smallest absolute Gasteiger partial charge is 0.0462 e. The Bertz CT molecular complexity index is 98.9. The maximum Gasteiger partial charge on any atom is 0.0462 e. The average molecular weight is 188 g/mol. The van der Waals surface area contributed by atoms with E-state index < -0.39 is 0 Å². The molecule has 0 unspecified atom stereocenters. The van der Waals surface area contributed by atoms with Crippen molar-refractivity contribution < 1.29 is 4.74 Å². The summed E-state index contributed by atoms with van der Waals surface area (Å²) in [6.45, 7) is 7.54. The minimum absolute atomic E-state index is 0.885. The largest absolute Gasteiger partial charge is 0.385 e. The van der Waals surface area contributed by atoms with Gasteiger partial charge in [-0.25, -0.2) is 0 Å². The summed E-state index contributed by atoms with van der Waals surface area (Å²) in [6.07, 6.45) is 2.37. The summed E-state index contributed by atoms with van der Waals surface area (Å²) in [5.41, 5.74) is 0. The maximum absolute atomic E-state index is 4.97. The number of hydrogen-bond donors (Lipinski definition) is 1. The maximum atomic E-state index is 4.97. The van der Waals surface area contributed by atoms with Crippen LogP contribution in [0.4, 0.5) is 0 Å². The van der Waals surface area contributed by atoms with Crippen molar-refractivity contribution in [2.24, 2.45) is 0 Å². The molecular formula is C10H24N2O. The van der Waals surface area contributed by atoms with Crippen LogP contribution < -0.4 is 5.32 Å². The molecule has 0 rings (SSSR count). The van der Waals surface area contributed by atoms with Crippen LogP contribution in [0.1, 0.15) is 19.8 Å². The number of methoxy groups -OCH3 is 1. The zero-order valence-corrected chi connectivity index (χ0v) is 9.31. The number of nitrogens with one attached hydrogen (secondary N) is 1. The Morgan fingerprint density at radius 3 is 2.62 bits per heavy atom. The van der Waals surface area contributed by atoms with E-state index in [1.165, 1.54) is 6.42 Å². The summed E-state index contributed by atoms with van der Waals surface area (Å²) in [7, 11) is 3.90. The second-order valence-corrected chi connectivity index (χ2v) is 3.35. The first-order chi connectivity index (χ1) is 6.31. The molecule has 0 spiro atoms. The number of hydrogen-bond acceptors (Lipinski definition) is 3. The van der Waals surface area contributed by atoms with Crippen molar-refractivity contribution in [3.05, 3.63) is 0 Å². The highest BCUT2D eigenvalue weighted by Gasteiger charge is 1.92. The van der Waals surface area contributed by atoms with Crippen LogP contribution in [-0.4, -0.2) is 51.8 Å². The van der Waals surface area contributed by atoms with Gasteiger partial charge in [0.15, 0.2) is 0 Å². The van der Waals surface area contributed by atoms with Gasteiger partial charge < -0.3 is 15.0 Å². The summed E-state index contributed by atoms with van der Waals surface area (Å²) in [5.74, 6) is 0. The van der Waals surface area contributed by atoms with Crippen LogP contribution in [0.25, 0.3) is 0 Å². The van der Waals surface area contributed by atoms with E-state index in [0.29, 0.717) is 0 Å². The van der Waals surface area contributed by atoms with Crippen LogP contribution in [0, 0.1) is 0 Å². The van der Waals surface area contributed by atoms with Gasteiger partial charge in [-0.3, -0.25) is 0 Å². The van der Waals surface area contributed by atoms with E-state index in [2.05, 4.69) is 24.2 Å². The van der Waals surface area contributed by atoms with Gasteiger partial charge in [-0.15, -0.1) is 0 Å². The van der Waals surface area contributed by atoms with Crippen LogP contribution in [0.15, 0.2) is 0 Å². The lowest BCUT2D eigenvalue weighted by Crippen LogP contribution is -2.29. The fourth-order valence-electron chi connectivity index (χ4n) is 1.05. The summed E-state index contributed by atoms with van der Waals surface area (Å²) < 4.78 is 4.97. The second kappa shape index (κ2) is 9.96. The Morgan fingerprint density at radius 2 is 2.00 bits per heavy atom. The van der Waals surface area contributed by atoms with Gasteiger partial charge in [0, 0.05) is 26.8 Å². The molecule has 0 aromatic heterocycles. The van der Waals surface area contributed by atoms with E-state index in [1.807, 2.05) is 0 Å². The van der Waals surface area contributed by atoms with Crippen molar-refractivity contribution >= 4 is 0 Å². The molecule has 3 heteroatoms. The number of ether oxygens (including phenoxy) is 1. The molecule has 3 nitrogen and oxygen atoms in total. The van der Waals surface area contributed by atoms with E-state index in [0.717, 1.165) is 39.2 Å². The zero-order chi connectivity index (χ0) is 9.94. The van der Waals surface area contributed by atoms with Crippen LogP contribution in [-0.2, 0) is 4.74 Å². The monoisotopic (exact) mass is 188 g/mol.